The number of aliphatic hydroxyl groups excluding tert-OH is 3. The Hall–Kier alpha value is -4.01. The fourth-order valence-electron chi connectivity index (χ4n) is 6.34. The summed E-state index contributed by atoms with van der Waals surface area (Å²) in [5, 5.41) is 34.0. The van der Waals surface area contributed by atoms with Crippen LogP contribution in [0.1, 0.15) is 46.4 Å². The van der Waals surface area contributed by atoms with Gasteiger partial charge in [-0.2, -0.15) is 0 Å². The van der Waals surface area contributed by atoms with Crippen LogP contribution in [0.5, 0.6) is 5.75 Å². The summed E-state index contributed by atoms with van der Waals surface area (Å²) in [5.41, 5.74) is 4.17. The van der Waals surface area contributed by atoms with Crippen molar-refractivity contribution in [2.45, 2.75) is 49.5 Å². The molecule has 1 aliphatic heterocycles. The Morgan fingerprint density at radius 1 is 0.681 bits per heavy atom. The lowest BCUT2D eigenvalue weighted by Gasteiger charge is -2.43. The second-order valence-electron chi connectivity index (χ2n) is 11.8. The summed E-state index contributed by atoms with van der Waals surface area (Å²) in [7, 11) is 0. The SMILES string of the molecule is CCOc1ccc(Cc2cc(C3OC(COC(c4ccccc4)(c4ccccc4)c4ccccc4)C(O)C(O)C3O)ccc2Cl)cc1. The van der Waals surface area contributed by atoms with Crippen molar-refractivity contribution < 1.29 is 29.5 Å². The molecule has 0 amide bonds. The van der Waals surface area contributed by atoms with Gasteiger partial charge in [0.1, 0.15) is 41.9 Å². The minimum Gasteiger partial charge on any atom is -0.494 e. The first-order chi connectivity index (χ1) is 22.9. The van der Waals surface area contributed by atoms with Crippen LogP contribution in [0.4, 0.5) is 0 Å². The molecule has 6 nitrogen and oxygen atoms in total. The molecule has 0 bridgehead atoms. The molecule has 0 spiro atoms. The van der Waals surface area contributed by atoms with Crippen molar-refractivity contribution in [3.05, 3.63) is 172 Å². The molecule has 0 aromatic heterocycles. The highest BCUT2D eigenvalue weighted by Crippen LogP contribution is 2.42. The Kier molecular flexibility index (Phi) is 10.4. The zero-order valence-electron chi connectivity index (χ0n) is 26.2. The fraction of sp³-hybridized carbons (Fsp3) is 0.250. The summed E-state index contributed by atoms with van der Waals surface area (Å²) in [6.45, 7) is 2.46. The summed E-state index contributed by atoms with van der Waals surface area (Å²) < 4.78 is 18.9. The van der Waals surface area contributed by atoms with E-state index in [0.717, 1.165) is 33.6 Å². The van der Waals surface area contributed by atoms with Crippen LogP contribution in [-0.4, -0.2) is 52.9 Å². The zero-order valence-corrected chi connectivity index (χ0v) is 26.9. The molecule has 5 aromatic carbocycles. The quantitative estimate of drug-likeness (QED) is 0.135. The van der Waals surface area contributed by atoms with Crippen molar-refractivity contribution in [1.82, 2.24) is 0 Å². The molecule has 1 fully saturated rings. The van der Waals surface area contributed by atoms with Crippen LogP contribution >= 0.6 is 11.6 Å². The molecule has 7 heteroatoms. The first-order valence-electron chi connectivity index (χ1n) is 15.9. The highest BCUT2D eigenvalue weighted by Gasteiger charge is 2.46. The van der Waals surface area contributed by atoms with Gasteiger partial charge in [0.05, 0.1) is 13.2 Å². The van der Waals surface area contributed by atoms with E-state index < -0.39 is 36.1 Å². The molecule has 5 aromatic rings. The second-order valence-corrected chi connectivity index (χ2v) is 12.2. The minimum absolute atomic E-state index is 0.0766. The predicted octanol–water partition coefficient (Wildman–Crippen LogP) is 6.86. The van der Waals surface area contributed by atoms with E-state index in [9.17, 15) is 15.3 Å². The van der Waals surface area contributed by atoms with Gasteiger partial charge >= 0.3 is 0 Å². The highest BCUT2D eigenvalue weighted by atomic mass is 35.5. The Balaban J connectivity index is 1.30. The molecular formula is C40H39ClO6. The zero-order chi connectivity index (χ0) is 32.8. The molecule has 0 saturated carbocycles. The van der Waals surface area contributed by atoms with Crippen molar-refractivity contribution in [2.24, 2.45) is 0 Å². The van der Waals surface area contributed by atoms with Crippen LogP contribution in [-0.2, 0) is 21.5 Å². The van der Waals surface area contributed by atoms with E-state index in [1.165, 1.54) is 0 Å². The average molecular weight is 651 g/mol. The maximum Gasteiger partial charge on any atom is 0.143 e. The number of aliphatic hydroxyl groups is 3. The van der Waals surface area contributed by atoms with Crippen molar-refractivity contribution in [3.8, 4) is 5.75 Å². The fourth-order valence-corrected chi connectivity index (χ4v) is 6.52. The third-order valence-electron chi connectivity index (χ3n) is 8.74. The Bertz CT molecular complexity index is 1620. The van der Waals surface area contributed by atoms with Gasteiger partial charge in [-0.1, -0.05) is 127 Å². The van der Waals surface area contributed by atoms with E-state index in [-0.39, 0.29) is 6.61 Å². The van der Waals surface area contributed by atoms with Gasteiger partial charge in [-0.15, -0.1) is 0 Å². The van der Waals surface area contributed by atoms with Gasteiger partial charge in [0, 0.05) is 5.02 Å². The average Bonchev–Trinajstić information content (AvgIpc) is 3.12. The molecular weight excluding hydrogens is 612 g/mol. The van der Waals surface area contributed by atoms with Crippen molar-refractivity contribution >= 4 is 11.6 Å². The molecule has 1 saturated heterocycles. The third kappa shape index (κ3) is 6.99. The number of hydrogen-bond donors (Lipinski definition) is 3. The van der Waals surface area contributed by atoms with Crippen LogP contribution in [0.25, 0.3) is 0 Å². The third-order valence-corrected chi connectivity index (χ3v) is 9.11. The van der Waals surface area contributed by atoms with E-state index in [1.807, 2.05) is 128 Å². The normalized spacial score (nSPS) is 21.3. The van der Waals surface area contributed by atoms with Gasteiger partial charge in [-0.25, -0.2) is 0 Å². The van der Waals surface area contributed by atoms with Crippen LogP contribution in [0, 0.1) is 0 Å². The van der Waals surface area contributed by atoms with Crippen LogP contribution in [0.15, 0.2) is 133 Å². The van der Waals surface area contributed by atoms with Crippen LogP contribution in [0.3, 0.4) is 0 Å². The minimum atomic E-state index is -1.47. The summed E-state index contributed by atoms with van der Waals surface area (Å²) in [5.74, 6) is 0.798. The van der Waals surface area contributed by atoms with E-state index in [1.54, 1.807) is 12.1 Å². The summed E-state index contributed by atoms with van der Waals surface area (Å²) >= 11 is 6.62. The molecule has 0 radical (unpaired) electrons. The number of rotatable bonds is 11. The van der Waals surface area contributed by atoms with Gasteiger partial charge in [0.25, 0.3) is 0 Å². The Morgan fingerprint density at radius 2 is 1.23 bits per heavy atom. The van der Waals surface area contributed by atoms with E-state index in [4.69, 9.17) is 25.8 Å². The smallest absolute Gasteiger partial charge is 0.143 e. The summed E-state index contributed by atoms with van der Waals surface area (Å²) in [6.07, 6.45) is -5.57. The lowest BCUT2D eigenvalue weighted by atomic mass is 9.80. The topological polar surface area (TPSA) is 88.4 Å². The molecule has 6 rings (SSSR count). The van der Waals surface area contributed by atoms with Gasteiger partial charge in [0.2, 0.25) is 0 Å². The number of hydrogen-bond acceptors (Lipinski definition) is 6. The first kappa shape index (κ1) is 32.9. The number of ether oxygens (including phenoxy) is 3. The van der Waals surface area contributed by atoms with Gasteiger partial charge in [-0.05, 0) is 64.9 Å². The van der Waals surface area contributed by atoms with E-state index in [2.05, 4.69) is 0 Å². The lowest BCUT2D eigenvalue weighted by Crippen LogP contribution is -2.56. The largest absolute Gasteiger partial charge is 0.494 e. The Labute approximate surface area is 280 Å². The maximum absolute atomic E-state index is 11.2. The molecule has 3 N–H and O–H groups in total. The van der Waals surface area contributed by atoms with Gasteiger partial charge in [-0.3, -0.25) is 0 Å². The van der Waals surface area contributed by atoms with Gasteiger partial charge in [0.15, 0.2) is 0 Å². The van der Waals surface area contributed by atoms with Crippen LogP contribution < -0.4 is 4.74 Å². The van der Waals surface area contributed by atoms with Crippen molar-refractivity contribution in [1.29, 1.82) is 0 Å². The molecule has 47 heavy (non-hydrogen) atoms. The number of halogens is 1. The highest BCUT2D eigenvalue weighted by molar-refractivity contribution is 6.31. The second kappa shape index (κ2) is 14.8. The Morgan fingerprint density at radius 3 is 1.77 bits per heavy atom. The number of benzene rings is 5. The summed E-state index contributed by atoms with van der Waals surface area (Å²) in [6, 6.07) is 43.0. The molecule has 0 aliphatic carbocycles. The summed E-state index contributed by atoms with van der Waals surface area (Å²) in [4.78, 5) is 0. The van der Waals surface area contributed by atoms with Crippen molar-refractivity contribution in [3.63, 3.8) is 0 Å². The molecule has 1 aliphatic rings. The standard InChI is InChI=1S/C40H39ClO6/c1-2-45-33-21-18-27(19-22-33)24-29-25-28(20-23-34(29)41)39-38(44)37(43)36(42)35(47-39)26-46-40(30-12-6-3-7-13-30,31-14-8-4-9-15-31)32-16-10-5-11-17-32/h3-23,25,35-39,42-44H,2,24,26H2,1H3. The van der Waals surface area contributed by atoms with Gasteiger partial charge < -0.3 is 29.5 Å². The van der Waals surface area contributed by atoms with Crippen LogP contribution in [0.2, 0.25) is 5.02 Å². The maximum atomic E-state index is 11.2. The molecule has 5 atom stereocenters. The van der Waals surface area contributed by atoms with E-state index >= 15 is 0 Å². The first-order valence-corrected chi connectivity index (χ1v) is 16.3. The predicted molar refractivity (Wildman–Crippen MR) is 183 cm³/mol. The van der Waals surface area contributed by atoms with E-state index in [0.29, 0.717) is 23.6 Å². The lowest BCUT2D eigenvalue weighted by molar-refractivity contribution is -0.240. The molecule has 1 heterocycles. The van der Waals surface area contributed by atoms with Crippen molar-refractivity contribution in [2.75, 3.05) is 13.2 Å². The monoisotopic (exact) mass is 650 g/mol. The molecule has 5 unspecified atom stereocenters. The molecule has 242 valence electrons.